The third-order valence-electron chi connectivity index (χ3n) is 3.88. The topological polar surface area (TPSA) is 47.1 Å². The van der Waals surface area contributed by atoms with Gasteiger partial charge in [-0.1, -0.05) is 0 Å². The van der Waals surface area contributed by atoms with Crippen LogP contribution in [0.15, 0.2) is 12.1 Å². The monoisotopic (exact) mass is 244 g/mol. The Balaban J connectivity index is 2.11. The first-order valence-electron chi connectivity index (χ1n) is 6.64. The van der Waals surface area contributed by atoms with E-state index in [-0.39, 0.29) is 0 Å². The molecule has 1 aliphatic heterocycles. The SMILES string of the molecule is Cc1nn(C)c2cc(N3CCCCC3)c(N)cc12. The molecule has 0 bridgehead atoms. The number of fused-ring (bicyclic) bond motifs is 1. The Hall–Kier alpha value is -1.71. The fourth-order valence-electron chi connectivity index (χ4n) is 2.89. The quantitative estimate of drug-likeness (QED) is 0.784. The molecule has 2 heterocycles. The molecule has 0 unspecified atom stereocenters. The third-order valence-corrected chi connectivity index (χ3v) is 3.88. The Labute approximate surface area is 107 Å². The van der Waals surface area contributed by atoms with Crippen molar-refractivity contribution in [2.45, 2.75) is 26.2 Å². The summed E-state index contributed by atoms with van der Waals surface area (Å²) in [5, 5.41) is 5.62. The van der Waals surface area contributed by atoms with Gasteiger partial charge in [-0.2, -0.15) is 5.10 Å². The molecule has 3 rings (SSSR count). The lowest BCUT2D eigenvalue weighted by atomic mass is 10.1. The van der Waals surface area contributed by atoms with E-state index in [0.29, 0.717) is 0 Å². The number of rotatable bonds is 1. The van der Waals surface area contributed by atoms with E-state index in [4.69, 9.17) is 5.73 Å². The Morgan fingerprint density at radius 3 is 2.61 bits per heavy atom. The highest BCUT2D eigenvalue weighted by atomic mass is 15.3. The molecular formula is C14H20N4. The van der Waals surface area contributed by atoms with Crippen molar-refractivity contribution in [3.05, 3.63) is 17.8 Å². The van der Waals surface area contributed by atoms with Crippen molar-refractivity contribution in [1.29, 1.82) is 0 Å². The van der Waals surface area contributed by atoms with Gasteiger partial charge in [0.15, 0.2) is 0 Å². The summed E-state index contributed by atoms with van der Waals surface area (Å²) < 4.78 is 1.94. The maximum absolute atomic E-state index is 6.22. The summed E-state index contributed by atoms with van der Waals surface area (Å²) in [5.41, 5.74) is 10.5. The number of piperidine rings is 1. The molecule has 2 aromatic rings. The van der Waals surface area contributed by atoms with Crippen LogP contribution in [-0.4, -0.2) is 22.9 Å². The molecule has 1 aromatic heterocycles. The van der Waals surface area contributed by atoms with Gasteiger partial charge >= 0.3 is 0 Å². The summed E-state index contributed by atoms with van der Waals surface area (Å²) in [6.07, 6.45) is 3.87. The van der Waals surface area contributed by atoms with Crippen molar-refractivity contribution in [2.24, 2.45) is 7.05 Å². The Morgan fingerprint density at radius 1 is 1.17 bits per heavy atom. The lowest BCUT2D eigenvalue weighted by Crippen LogP contribution is -2.30. The molecule has 2 N–H and O–H groups in total. The largest absolute Gasteiger partial charge is 0.397 e. The molecule has 0 atom stereocenters. The molecule has 0 amide bonds. The first-order valence-corrected chi connectivity index (χ1v) is 6.64. The average molecular weight is 244 g/mol. The molecule has 1 aromatic carbocycles. The van der Waals surface area contributed by atoms with E-state index in [1.807, 2.05) is 18.7 Å². The van der Waals surface area contributed by atoms with Gasteiger partial charge in [0.05, 0.1) is 22.6 Å². The molecule has 18 heavy (non-hydrogen) atoms. The molecule has 1 saturated heterocycles. The van der Waals surface area contributed by atoms with Gasteiger partial charge in [-0.25, -0.2) is 0 Å². The fraction of sp³-hybridized carbons (Fsp3) is 0.500. The molecule has 0 radical (unpaired) electrons. The predicted molar refractivity (Wildman–Crippen MR) is 75.9 cm³/mol. The second kappa shape index (κ2) is 4.19. The van der Waals surface area contributed by atoms with Gasteiger partial charge in [0.25, 0.3) is 0 Å². The van der Waals surface area contributed by atoms with E-state index in [1.54, 1.807) is 0 Å². The number of nitrogen functional groups attached to an aromatic ring is 1. The molecule has 4 heteroatoms. The zero-order valence-corrected chi connectivity index (χ0v) is 11.1. The van der Waals surface area contributed by atoms with Crippen LogP contribution < -0.4 is 10.6 Å². The number of hydrogen-bond donors (Lipinski definition) is 1. The van der Waals surface area contributed by atoms with Crippen molar-refractivity contribution in [2.75, 3.05) is 23.7 Å². The molecule has 1 fully saturated rings. The summed E-state index contributed by atoms with van der Waals surface area (Å²) in [6.45, 7) is 4.27. The van der Waals surface area contributed by atoms with Gasteiger partial charge in [-0.3, -0.25) is 4.68 Å². The molecular weight excluding hydrogens is 224 g/mol. The van der Waals surface area contributed by atoms with Gasteiger partial charge in [0.1, 0.15) is 0 Å². The van der Waals surface area contributed by atoms with Crippen LogP contribution in [0.25, 0.3) is 10.9 Å². The Morgan fingerprint density at radius 2 is 1.89 bits per heavy atom. The van der Waals surface area contributed by atoms with E-state index in [2.05, 4.69) is 22.1 Å². The second-order valence-corrected chi connectivity index (χ2v) is 5.18. The lowest BCUT2D eigenvalue weighted by Gasteiger charge is -2.30. The summed E-state index contributed by atoms with van der Waals surface area (Å²) in [6, 6.07) is 4.26. The zero-order valence-electron chi connectivity index (χ0n) is 11.1. The van der Waals surface area contributed by atoms with Crippen LogP contribution in [-0.2, 0) is 7.05 Å². The highest BCUT2D eigenvalue weighted by Crippen LogP contribution is 2.32. The van der Waals surface area contributed by atoms with Crippen molar-refractivity contribution in [1.82, 2.24) is 9.78 Å². The Kier molecular flexibility index (Phi) is 2.65. The van der Waals surface area contributed by atoms with Crippen LogP contribution in [0.5, 0.6) is 0 Å². The van der Waals surface area contributed by atoms with Gasteiger partial charge in [-0.15, -0.1) is 0 Å². The molecule has 96 valence electrons. The van der Waals surface area contributed by atoms with E-state index >= 15 is 0 Å². The van der Waals surface area contributed by atoms with Crippen molar-refractivity contribution in [3.8, 4) is 0 Å². The van der Waals surface area contributed by atoms with Gasteiger partial charge in [0, 0.05) is 25.5 Å². The number of hydrogen-bond acceptors (Lipinski definition) is 3. The van der Waals surface area contributed by atoms with Crippen LogP contribution in [0.3, 0.4) is 0 Å². The van der Waals surface area contributed by atoms with E-state index in [0.717, 1.165) is 29.9 Å². The summed E-state index contributed by atoms with van der Waals surface area (Å²) >= 11 is 0. The Bertz CT molecular complexity index is 579. The van der Waals surface area contributed by atoms with Crippen LogP contribution in [0.2, 0.25) is 0 Å². The average Bonchev–Trinajstić information content (AvgIpc) is 2.65. The van der Waals surface area contributed by atoms with E-state index < -0.39 is 0 Å². The summed E-state index contributed by atoms with van der Waals surface area (Å²) in [7, 11) is 1.99. The minimum Gasteiger partial charge on any atom is -0.397 e. The maximum Gasteiger partial charge on any atom is 0.0704 e. The number of anilines is 2. The predicted octanol–water partition coefficient (Wildman–Crippen LogP) is 2.45. The number of benzene rings is 1. The van der Waals surface area contributed by atoms with Gasteiger partial charge in [-0.05, 0) is 38.3 Å². The number of nitrogens with two attached hydrogens (primary N) is 1. The summed E-state index contributed by atoms with van der Waals surface area (Å²) in [4.78, 5) is 2.40. The normalized spacial score (nSPS) is 16.4. The highest BCUT2D eigenvalue weighted by molar-refractivity contribution is 5.91. The zero-order chi connectivity index (χ0) is 12.7. The van der Waals surface area contributed by atoms with Crippen LogP contribution in [0.1, 0.15) is 25.0 Å². The van der Waals surface area contributed by atoms with E-state index in [1.165, 1.54) is 30.5 Å². The van der Waals surface area contributed by atoms with Crippen molar-refractivity contribution < 1.29 is 0 Å². The van der Waals surface area contributed by atoms with Crippen LogP contribution in [0, 0.1) is 6.92 Å². The first kappa shape index (κ1) is 11.4. The van der Waals surface area contributed by atoms with Crippen LogP contribution >= 0.6 is 0 Å². The third kappa shape index (κ3) is 1.72. The number of nitrogens with zero attached hydrogens (tertiary/aromatic N) is 3. The molecule has 4 nitrogen and oxygen atoms in total. The highest BCUT2D eigenvalue weighted by Gasteiger charge is 2.16. The molecule has 0 aliphatic carbocycles. The molecule has 1 aliphatic rings. The van der Waals surface area contributed by atoms with Gasteiger partial charge in [0.2, 0.25) is 0 Å². The number of aryl methyl sites for hydroxylation is 2. The summed E-state index contributed by atoms with van der Waals surface area (Å²) in [5.74, 6) is 0. The fourth-order valence-corrected chi connectivity index (χ4v) is 2.89. The van der Waals surface area contributed by atoms with Crippen molar-refractivity contribution >= 4 is 22.3 Å². The minimum atomic E-state index is 0.875. The smallest absolute Gasteiger partial charge is 0.0704 e. The van der Waals surface area contributed by atoms with Gasteiger partial charge < -0.3 is 10.6 Å². The first-order chi connectivity index (χ1) is 8.66. The van der Waals surface area contributed by atoms with Crippen LogP contribution in [0.4, 0.5) is 11.4 Å². The molecule has 0 spiro atoms. The standard InChI is InChI=1S/C14H20N4/c1-10-11-8-12(15)14(9-13(11)17(2)16-10)18-6-4-3-5-7-18/h8-9H,3-7,15H2,1-2H3. The molecule has 0 saturated carbocycles. The van der Waals surface area contributed by atoms with Crippen molar-refractivity contribution in [3.63, 3.8) is 0 Å². The maximum atomic E-state index is 6.22. The minimum absolute atomic E-state index is 0.875. The second-order valence-electron chi connectivity index (χ2n) is 5.18. The number of aromatic nitrogens is 2. The lowest BCUT2D eigenvalue weighted by molar-refractivity contribution is 0.578. The van der Waals surface area contributed by atoms with E-state index in [9.17, 15) is 0 Å².